The van der Waals surface area contributed by atoms with Crippen LogP contribution in [0.4, 0.5) is 0 Å². The SMILES string of the molecule is CSCCC(N)C(=O)NC(CCCN=C(N)N)C(=O)NC(C(=O)NC(C(=O)O)C(C)C)C(C)O. The first-order chi connectivity index (χ1) is 15.8. The van der Waals surface area contributed by atoms with Crippen molar-refractivity contribution >= 4 is 41.4 Å². The molecule has 0 radical (unpaired) electrons. The van der Waals surface area contributed by atoms with Crippen molar-refractivity contribution in [3.8, 4) is 0 Å². The zero-order chi connectivity index (χ0) is 26.4. The predicted molar refractivity (Wildman–Crippen MR) is 131 cm³/mol. The van der Waals surface area contributed by atoms with Crippen molar-refractivity contribution in [2.45, 2.75) is 70.3 Å². The molecule has 196 valence electrons. The van der Waals surface area contributed by atoms with E-state index in [4.69, 9.17) is 17.2 Å². The lowest BCUT2D eigenvalue weighted by molar-refractivity contribution is -0.144. The highest BCUT2D eigenvalue weighted by Crippen LogP contribution is 2.06. The summed E-state index contributed by atoms with van der Waals surface area (Å²) in [5.41, 5.74) is 16.5. The molecular weight excluding hydrogens is 466 g/mol. The molecule has 3 amide bonds. The van der Waals surface area contributed by atoms with Gasteiger partial charge in [0.2, 0.25) is 17.7 Å². The molecule has 0 saturated carbocycles. The van der Waals surface area contributed by atoms with Crippen LogP contribution >= 0.6 is 11.8 Å². The molecule has 0 heterocycles. The van der Waals surface area contributed by atoms with Crippen LogP contribution in [0.15, 0.2) is 4.99 Å². The van der Waals surface area contributed by atoms with Gasteiger partial charge in [0.1, 0.15) is 18.1 Å². The first-order valence-electron chi connectivity index (χ1n) is 10.9. The molecule has 0 aliphatic heterocycles. The van der Waals surface area contributed by atoms with Gasteiger partial charge in [-0.2, -0.15) is 11.8 Å². The molecule has 0 fully saturated rings. The van der Waals surface area contributed by atoms with E-state index in [-0.39, 0.29) is 18.9 Å². The summed E-state index contributed by atoms with van der Waals surface area (Å²) in [7, 11) is 0. The normalized spacial score (nSPS) is 15.4. The Hall–Kier alpha value is -2.58. The number of nitrogens with zero attached hydrogens (tertiary/aromatic N) is 1. The molecule has 0 spiro atoms. The van der Waals surface area contributed by atoms with Gasteiger partial charge < -0.3 is 43.4 Å². The van der Waals surface area contributed by atoms with E-state index < -0.39 is 59.9 Å². The molecule has 0 aliphatic carbocycles. The van der Waals surface area contributed by atoms with Crippen molar-refractivity contribution < 1.29 is 29.4 Å². The van der Waals surface area contributed by atoms with Gasteiger partial charge in [-0.05, 0) is 44.1 Å². The van der Waals surface area contributed by atoms with Crippen LogP contribution in [0, 0.1) is 5.92 Å². The van der Waals surface area contributed by atoms with Gasteiger partial charge in [-0.25, -0.2) is 4.79 Å². The maximum atomic E-state index is 13.0. The fourth-order valence-electron chi connectivity index (χ4n) is 2.84. The third-order valence-electron chi connectivity index (χ3n) is 4.84. The van der Waals surface area contributed by atoms with Crippen molar-refractivity contribution in [3.05, 3.63) is 0 Å². The molecule has 0 aromatic carbocycles. The number of aliphatic carboxylic acids is 1. The van der Waals surface area contributed by atoms with Gasteiger partial charge in [-0.3, -0.25) is 19.4 Å². The summed E-state index contributed by atoms with van der Waals surface area (Å²) in [6.45, 7) is 4.70. The zero-order valence-corrected chi connectivity index (χ0v) is 20.9. The van der Waals surface area contributed by atoms with Gasteiger partial charge in [0.15, 0.2) is 5.96 Å². The molecule has 0 bridgehead atoms. The van der Waals surface area contributed by atoms with Crippen LogP contribution in [0.25, 0.3) is 0 Å². The van der Waals surface area contributed by atoms with E-state index in [1.165, 1.54) is 18.7 Å². The average molecular weight is 506 g/mol. The van der Waals surface area contributed by atoms with Crippen LogP contribution in [0.2, 0.25) is 0 Å². The number of carbonyl (C=O) groups excluding carboxylic acids is 3. The molecular formula is C20H39N7O6S. The van der Waals surface area contributed by atoms with Crippen molar-refractivity contribution in [3.63, 3.8) is 0 Å². The van der Waals surface area contributed by atoms with E-state index in [0.717, 1.165) is 0 Å². The minimum absolute atomic E-state index is 0.117. The second-order valence-corrected chi connectivity index (χ2v) is 9.18. The highest BCUT2D eigenvalue weighted by atomic mass is 32.2. The van der Waals surface area contributed by atoms with Crippen LogP contribution in [-0.2, 0) is 19.2 Å². The number of carboxylic acids is 1. The smallest absolute Gasteiger partial charge is 0.326 e. The van der Waals surface area contributed by atoms with Crippen LogP contribution in [0.1, 0.15) is 40.0 Å². The molecule has 5 unspecified atom stereocenters. The van der Waals surface area contributed by atoms with E-state index in [9.17, 15) is 29.4 Å². The predicted octanol–water partition coefficient (Wildman–Crippen LogP) is -2.30. The van der Waals surface area contributed by atoms with Gasteiger partial charge in [-0.15, -0.1) is 0 Å². The van der Waals surface area contributed by atoms with Gasteiger partial charge in [-0.1, -0.05) is 13.8 Å². The number of carboxylic acid groups (broad SMARTS) is 1. The lowest BCUT2D eigenvalue weighted by atomic mass is 10.0. The lowest BCUT2D eigenvalue weighted by Gasteiger charge is -2.27. The largest absolute Gasteiger partial charge is 0.480 e. The molecule has 14 heteroatoms. The molecule has 0 aliphatic rings. The zero-order valence-electron chi connectivity index (χ0n) is 20.1. The first kappa shape index (κ1) is 31.4. The molecule has 11 N–H and O–H groups in total. The lowest BCUT2D eigenvalue weighted by Crippen LogP contribution is -2.60. The number of thioether (sulfide) groups is 1. The topological polar surface area (TPSA) is 235 Å². The number of aliphatic hydroxyl groups excluding tert-OH is 1. The number of amides is 3. The third-order valence-corrected chi connectivity index (χ3v) is 5.49. The molecule has 5 atom stereocenters. The Kier molecular flexibility index (Phi) is 14.9. The summed E-state index contributed by atoms with van der Waals surface area (Å²) < 4.78 is 0. The number of nitrogens with one attached hydrogen (secondary N) is 3. The highest BCUT2D eigenvalue weighted by Gasteiger charge is 2.33. The van der Waals surface area contributed by atoms with Gasteiger partial charge in [0.05, 0.1) is 12.1 Å². The molecule has 0 aromatic heterocycles. The molecule has 0 aromatic rings. The molecule has 0 rings (SSSR count). The number of carbonyl (C=O) groups is 4. The minimum Gasteiger partial charge on any atom is -0.480 e. The number of nitrogens with two attached hydrogens (primary N) is 3. The van der Waals surface area contributed by atoms with E-state index in [1.807, 2.05) is 6.26 Å². The number of hydrogen-bond donors (Lipinski definition) is 8. The molecule has 34 heavy (non-hydrogen) atoms. The van der Waals surface area contributed by atoms with Crippen LogP contribution in [0.3, 0.4) is 0 Å². The molecule has 0 saturated heterocycles. The average Bonchev–Trinajstić information content (AvgIpc) is 2.74. The van der Waals surface area contributed by atoms with Crippen molar-refractivity contribution in [2.75, 3.05) is 18.6 Å². The monoisotopic (exact) mass is 505 g/mol. The quantitative estimate of drug-likeness (QED) is 0.0634. The summed E-state index contributed by atoms with van der Waals surface area (Å²) in [5, 5.41) is 26.7. The second-order valence-electron chi connectivity index (χ2n) is 8.19. The Morgan fingerprint density at radius 2 is 1.53 bits per heavy atom. The number of hydrogen-bond acceptors (Lipinski definition) is 8. The Balaban J connectivity index is 5.48. The Bertz CT molecular complexity index is 716. The first-order valence-corrected chi connectivity index (χ1v) is 12.3. The number of aliphatic hydroxyl groups is 1. The van der Waals surface area contributed by atoms with Gasteiger partial charge in [0, 0.05) is 6.54 Å². The van der Waals surface area contributed by atoms with Crippen LogP contribution in [-0.4, -0.2) is 88.7 Å². The number of rotatable bonds is 16. The fourth-order valence-corrected chi connectivity index (χ4v) is 3.33. The summed E-state index contributed by atoms with van der Waals surface area (Å²) in [6.07, 6.45) is 1.39. The van der Waals surface area contributed by atoms with Crippen molar-refractivity contribution in [1.82, 2.24) is 16.0 Å². The van der Waals surface area contributed by atoms with Gasteiger partial charge >= 0.3 is 5.97 Å². The Morgan fingerprint density at radius 1 is 0.941 bits per heavy atom. The Morgan fingerprint density at radius 3 is 2.00 bits per heavy atom. The Labute approximate surface area is 204 Å². The number of aliphatic imine (C=N–C) groups is 1. The fraction of sp³-hybridized carbons (Fsp3) is 0.750. The van der Waals surface area contributed by atoms with E-state index in [0.29, 0.717) is 18.6 Å². The third kappa shape index (κ3) is 12.0. The number of guanidine groups is 1. The van der Waals surface area contributed by atoms with Crippen LogP contribution < -0.4 is 33.2 Å². The van der Waals surface area contributed by atoms with E-state index >= 15 is 0 Å². The standard InChI is InChI=1S/C20H39N7O6S/c1-10(2)14(19(32)33)26-18(31)15(11(3)28)27-17(30)13(6-5-8-24-20(22)23)25-16(29)12(21)7-9-34-4/h10-15,28H,5-9,21H2,1-4H3,(H,25,29)(H,26,31)(H,27,30)(H,32,33)(H4,22,23,24). The summed E-state index contributed by atoms with van der Waals surface area (Å²) in [6, 6.07) is -4.58. The molecule has 13 nitrogen and oxygen atoms in total. The van der Waals surface area contributed by atoms with Crippen LogP contribution in [0.5, 0.6) is 0 Å². The summed E-state index contributed by atoms with van der Waals surface area (Å²) in [5.74, 6) is -3.30. The summed E-state index contributed by atoms with van der Waals surface area (Å²) >= 11 is 1.52. The van der Waals surface area contributed by atoms with Crippen molar-refractivity contribution in [2.24, 2.45) is 28.1 Å². The van der Waals surface area contributed by atoms with E-state index in [1.54, 1.807) is 13.8 Å². The highest BCUT2D eigenvalue weighted by molar-refractivity contribution is 7.98. The van der Waals surface area contributed by atoms with Gasteiger partial charge in [0.25, 0.3) is 0 Å². The maximum absolute atomic E-state index is 13.0. The maximum Gasteiger partial charge on any atom is 0.326 e. The van der Waals surface area contributed by atoms with E-state index in [2.05, 4.69) is 20.9 Å². The van der Waals surface area contributed by atoms with Crippen molar-refractivity contribution in [1.29, 1.82) is 0 Å². The second kappa shape index (κ2) is 16.1. The minimum atomic E-state index is -1.45. The summed E-state index contributed by atoms with van der Waals surface area (Å²) in [4.78, 5) is 53.3.